The molecule has 1 atom stereocenters. The van der Waals surface area contributed by atoms with Crippen molar-refractivity contribution in [3.8, 4) is 0 Å². The van der Waals surface area contributed by atoms with Gasteiger partial charge in [-0.3, -0.25) is 9.78 Å². The van der Waals surface area contributed by atoms with E-state index in [9.17, 15) is 4.79 Å². The fourth-order valence-electron chi connectivity index (χ4n) is 3.23. The molecule has 1 unspecified atom stereocenters. The van der Waals surface area contributed by atoms with Crippen molar-refractivity contribution >= 4 is 17.5 Å². The number of nitrogens with one attached hydrogen (secondary N) is 1. The molecule has 0 bridgehead atoms. The van der Waals surface area contributed by atoms with Gasteiger partial charge in [0.1, 0.15) is 5.69 Å². The van der Waals surface area contributed by atoms with Crippen LogP contribution >= 0.6 is 0 Å². The molecule has 1 aliphatic heterocycles. The summed E-state index contributed by atoms with van der Waals surface area (Å²) in [4.78, 5) is 27.7. The molecular weight excluding hydrogens is 326 g/mol. The molecule has 0 aliphatic carbocycles. The van der Waals surface area contributed by atoms with E-state index in [0.29, 0.717) is 18.2 Å². The van der Waals surface area contributed by atoms with Crippen LogP contribution in [0.2, 0.25) is 0 Å². The third-order valence-corrected chi connectivity index (χ3v) is 4.45. The standard InChI is InChI=1S/C20H19N5O/c1-14-12-15-6-2-3-8-18(15)25(14)19(26)17-9-11-22-20(24-17)23-13-16-7-4-5-10-21-16/h2-11,14H,12-13H2,1H3,(H,22,23,24). The molecule has 0 fully saturated rings. The van der Waals surface area contributed by atoms with E-state index in [1.54, 1.807) is 18.5 Å². The summed E-state index contributed by atoms with van der Waals surface area (Å²) in [6.45, 7) is 2.56. The van der Waals surface area contributed by atoms with Crippen LogP contribution < -0.4 is 10.2 Å². The van der Waals surface area contributed by atoms with Crippen LogP contribution in [0.5, 0.6) is 0 Å². The molecule has 3 aromatic rings. The van der Waals surface area contributed by atoms with E-state index in [-0.39, 0.29) is 11.9 Å². The molecule has 3 heterocycles. The van der Waals surface area contributed by atoms with Gasteiger partial charge in [0, 0.05) is 24.1 Å². The molecule has 0 saturated carbocycles. The summed E-state index contributed by atoms with van der Waals surface area (Å²) >= 11 is 0. The summed E-state index contributed by atoms with van der Waals surface area (Å²) in [5.41, 5.74) is 3.42. The normalized spacial score (nSPS) is 15.6. The third-order valence-electron chi connectivity index (χ3n) is 4.45. The number of anilines is 2. The van der Waals surface area contributed by atoms with E-state index in [0.717, 1.165) is 17.8 Å². The number of carbonyl (C=O) groups excluding carboxylic acids is 1. The molecule has 26 heavy (non-hydrogen) atoms. The zero-order chi connectivity index (χ0) is 17.9. The van der Waals surface area contributed by atoms with Crippen molar-refractivity contribution in [2.75, 3.05) is 10.2 Å². The van der Waals surface area contributed by atoms with Gasteiger partial charge in [0.2, 0.25) is 5.95 Å². The second kappa shape index (κ2) is 6.92. The average molecular weight is 345 g/mol. The number of fused-ring (bicyclic) bond motifs is 1. The molecule has 1 amide bonds. The first-order valence-electron chi connectivity index (χ1n) is 8.60. The predicted molar refractivity (Wildman–Crippen MR) is 100 cm³/mol. The third kappa shape index (κ3) is 3.13. The summed E-state index contributed by atoms with van der Waals surface area (Å²) in [7, 11) is 0. The Morgan fingerprint density at radius 2 is 1.96 bits per heavy atom. The molecule has 6 heteroatoms. The number of carbonyl (C=O) groups is 1. The molecule has 2 aromatic heterocycles. The lowest BCUT2D eigenvalue weighted by Gasteiger charge is -2.22. The first kappa shape index (κ1) is 16.2. The molecule has 4 rings (SSSR count). The minimum Gasteiger partial charge on any atom is -0.349 e. The Morgan fingerprint density at radius 1 is 1.12 bits per heavy atom. The zero-order valence-corrected chi connectivity index (χ0v) is 14.5. The lowest BCUT2D eigenvalue weighted by Crippen LogP contribution is -2.36. The summed E-state index contributed by atoms with van der Waals surface area (Å²) < 4.78 is 0. The highest BCUT2D eigenvalue weighted by Crippen LogP contribution is 2.32. The van der Waals surface area contributed by atoms with Crippen LogP contribution in [0.4, 0.5) is 11.6 Å². The molecule has 0 radical (unpaired) electrons. The number of amides is 1. The number of aromatic nitrogens is 3. The average Bonchev–Trinajstić information content (AvgIpc) is 3.02. The van der Waals surface area contributed by atoms with Gasteiger partial charge in [0.05, 0.1) is 12.2 Å². The minimum atomic E-state index is -0.106. The Labute approximate surface area is 151 Å². The van der Waals surface area contributed by atoms with Crippen molar-refractivity contribution in [1.29, 1.82) is 0 Å². The van der Waals surface area contributed by atoms with E-state index in [4.69, 9.17) is 0 Å². The molecule has 0 spiro atoms. The van der Waals surface area contributed by atoms with Crippen molar-refractivity contribution in [2.24, 2.45) is 0 Å². The maximum atomic E-state index is 13.0. The van der Waals surface area contributed by atoms with Crippen LogP contribution in [0.25, 0.3) is 0 Å². The lowest BCUT2D eigenvalue weighted by atomic mass is 10.1. The number of hydrogen-bond donors (Lipinski definition) is 1. The van der Waals surface area contributed by atoms with Crippen molar-refractivity contribution in [1.82, 2.24) is 15.0 Å². The molecule has 130 valence electrons. The second-order valence-electron chi connectivity index (χ2n) is 6.30. The Morgan fingerprint density at radius 3 is 2.81 bits per heavy atom. The number of hydrogen-bond acceptors (Lipinski definition) is 5. The SMILES string of the molecule is CC1Cc2ccccc2N1C(=O)c1ccnc(NCc2ccccn2)n1. The van der Waals surface area contributed by atoms with Gasteiger partial charge in [-0.05, 0) is 43.2 Å². The number of pyridine rings is 1. The molecule has 6 nitrogen and oxygen atoms in total. The Hall–Kier alpha value is -3.28. The van der Waals surface area contributed by atoms with Gasteiger partial charge in [-0.2, -0.15) is 0 Å². The van der Waals surface area contributed by atoms with Gasteiger partial charge in [-0.15, -0.1) is 0 Å². The number of para-hydroxylation sites is 1. The van der Waals surface area contributed by atoms with Gasteiger partial charge in [-0.1, -0.05) is 24.3 Å². The molecule has 0 saturated heterocycles. The Balaban J connectivity index is 1.54. The van der Waals surface area contributed by atoms with E-state index >= 15 is 0 Å². The largest absolute Gasteiger partial charge is 0.349 e. The van der Waals surface area contributed by atoms with Crippen LogP contribution in [-0.2, 0) is 13.0 Å². The minimum absolute atomic E-state index is 0.106. The lowest BCUT2D eigenvalue weighted by molar-refractivity contribution is 0.0976. The number of nitrogens with zero attached hydrogens (tertiary/aromatic N) is 4. The van der Waals surface area contributed by atoms with Crippen LogP contribution in [0, 0.1) is 0 Å². The van der Waals surface area contributed by atoms with E-state index < -0.39 is 0 Å². The first-order chi connectivity index (χ1) is 12.7. The molecule has 1 N–H and O–H groups in total. The van der Waals surface area contributed by atoms with Gasteiger partial charge >= 0.3 is 0 Å². The van der Waals surface area contributed by atoms with Crippen molar-refractivity contribution in [3.63, 3.8) is 0 Å². The van der Waals surface area contributed by atoms with Crippen molar-refractivity contribution in [2.45, 2.75) is 25.9 Å². The highest BCUT2D eigenvalue weighted by Gasteiger charge is 2.31. The number of benzene rings is 1. The highest BCUT2D eigenvalue weighted by molar-refractivity contribution is 6.06. The van der Waals surface area contributed by atoms with Gasteiger partial charge in [0.25, 0.3) is 5.91 Å². The topological polar surface area (TPSA) is 71.0 Å². The molecule has 1 aliphatic rings. The Bertz CT molecular complexity index is 928. The fraction of sp³-hybridized carbons (Fsp3) is 0.200. The zero-order valence-electron chi connectivity index (χ0n) is 14.5. The van der Waals surface area contributed by atoms with Gasteiger partial charge in [0.15, 0.2) is 0 Å². The van der Waals surface area contributed by atoms with Crippen LogP contribution in [0.3, 0.4) is 0 Å². The van der Waals surface area contributed by atoms with Gasteiger partial charge in [-0.25, -0.2) is 9.97 Å². The molecular formula is C20H19N5O. The summed E-state index contributed by atoms with van der Waals surface area (Å²) in [6, 6.07) is 15.5. The summed E-state index contributed by atoms with van der Waals surface area (Å²) in [5, 5.41) is 3.12. The number of rotatable bonds is 4. The van der Waals surface area contributed by atoms with E-state index in [2.05, 4.69) is 33.3 Å². The highest BCUT2D eigenvalue weighted by atomic mass is 16.2. The summed E-state index contributed by atoms with van der Waals surface area (Å²) in [5.74, 6) is 0.312. The van der Waals surface area contributed by atoms with E-state index in [1.807, 2.05) is 41.3 Å². The first-order valence-corrected chi connectivity index (χ1v) is 8.60. The van der Waals surface area contributed by atoms with Gasteiger partial charge < -0.3 is 10.2 Å². The quantitative estimate of drug-likeness (QED) is 0.787. The van der Waals surface area contributed by atoms with Crippen molar-refractivity contribution < 1.29 is 4.79 Å². The maximum Gasteiger partial charge on any atom is 0.277 e. The van der Waals surface area contributed by atoms with E-state index in [1.165, 1.54) is 5.56 Å². The summed E-state index contributed by atoms with van der Waals surface area (Å²) in [6.07, 6.45) is 4.20. The molecule has 1 aromatic carbocycles. The Kier molecular flexibility index (Phi) is 4.31. The smallest absolute Gasteiger partial charge is 0.277 e. The second-order valence-corrected chi connectivity index (χ2v) is 6.30. The predicted octanol–water partition coefficient (Wildman–Crippen LogP) is 3.08. The van der Waals surface area contributed by atoms with Crippen LogP contribution in [0.1, 0.15) is 28.7 Å². The van der Waals surface area contributed by atoms with Crippen LogP contribution in [-0.4, -0.2) is 26.9 Å². The monoisotopic (exact) mass is 345 g/mol. The maximum absolute atomic E-state index is 13.0. The van der Waals surface area contributed by atoms with Crippen molar-refractivity contribution in [3.05, 3.63) is 77.9 Å². The van der Waals surface area contributed by atoms with Crippen LogP contribution in [0.15, 0.2) is 60.9 Å². The fourth-order valence-corrected chi connectivity index (χ4v) is 3.23.